The Kier molecular flexibility index (Phi) is 3.49. The standard InChI is InChI=1S/C15H13N5O3/c1-9-7-13(18-15(21)14-5-6-16-19(14)2)11-8-10(20(22)23)3-4-12(11)17-9/h3-8H,1-2H3,(H,17,18,21). The molecule has 23 heavy (non-hydrogen) atoms. The molecule has 8 nitrogen and oxygen atoms in total. The SMILES string of the molecule is Cc1cc(NC(=O)c2ccnn2C)c2cc([N+](=O)[O-])ccc2n1. The average Bonchev–Trinajstić information content (AvgIpc) is 2.92. The maximum atomic E-state index is 12.3. The molecule has 2 aromatic heterocycles. The Bertz CT molecular complexity index is 932. The minimum atomic E-state index is -0.480. The highest BCUT2D eigenvalue weighted by molar-refractivity contribution is 6.08. The largest absolute Gasteiger partial charge is 0.320 e. The van der Waals surface area contributed by atoms with Crippen LogP contribution in [0.1, 0.15) is 16.2 Å². The van der Waals surface area contributed by atoms with Crippen molar-refractivity contribution in [2.45, 2.75) is 6.92 Å². The van der Waals surface area contributed by atoms with Gasteiger partial charge in [0.05, 0.1) is 16.1 Å². The highest BCUT2D eigenvalue weighted by Crippen LogP contribution is 2.27. The highest BCUT2D eigenvalue weighted by Gasteiger charge is 2.15. The van der Waals surface area contributed by atoms with Crippen molar-refractivity contribution in [2.75, 3.05) is 5.32 Å². The minimum absolute atomic E-state index is 0.0563. The number of carbonyl (C=O) groups is 1. The molecular weight excluding hydrogens is 298 g/mol. The number of nitro groups is 1. The Labute approximate surface area is 130 Å². The highest BCUT2D eigenvalue weighted by atomic mass is 16.6. The molecule has 3 rings (SSSR count). The maximum Gasteiger partial charge on any atom is 0.273 e. The molecule has 0 saturated carbocycles. The van der Waals surface area contributed by atoms with Gasteiger partial charge in [0.25, 0.3) is 11.6 Å². The number of rotatable bonds is 3. The smallest absolute Gasteiger partial charge is 0.273 e. The molecule has 0 bridgehead atoms. The first-order valence-corrected chi connectivity index (χ1v) is 6.81. The lowest BCUT2D eigenvalue weighted by Gasteiger charge is -2.10. The fourth-order valence-electron chi connectivity index (χ4n) is 2.35. The zero-order valence-corrected chi connectivity index (χ0v) is 12.5. The third-order valence-electron chi connectivity index (χ3n) is 3.43. The van der Waals surface area contributed by atoms with Gasteiger partial charge >= 0.3 is 0 Å². The zero-order chi connectivity index (χ0) is 16.6. The summed E-state index contributed by atoms with van der Waals surface area (Å²) in [5.74, 6) is -0.344. The van der Waals surface area contributed by atoms with Crippen molar-refractivity contribution in [1.82, 2.24) is 14.8 Å². The van der Waals surface area contributed by atoms with Gasteiger partial charge in [-0.1, -0.05) is 0 Å². The molecule has 0 atom stereocenters. The monoisotopic (exact) mass is 311 g/mol. The van der Waals surface area contributed by atoms with Crippen LogP contribution in [0.4, 0.5) is 11.4 Å². The third kappa shape index (κ3) is 2.73. The van der Waals surface area contributed by atoms with Gasteiger partial charge in [-0.25, -0.2) is 0 Å². The predicted molar refractivity (Wildman–Crippen MR) is 84.3 cm³/mol. The van der Waals surface area contributed by atoms with Crippen LogP contribution in [0.3, 0.4) is 0 Å². The number of anilines is 1. The molecule has 3 aromatic rings. The topological polar surface area (TPSA) is 103 Å². The summed E-state index contributed by atoms with van der Waals surface area (Å²) in [6.45, 7) is 1.79. The summed E-state index contributed by atoms with van der Waals surface area (Å²) in [7, 11) is 1.66. The number of amides is 1. The van der Waals surface area contributed by atoms with Crippen molar-refractivity contribution in [1.29, 1.82) is 0 Å². The van der Waals surface area contributed by atoms with E-state index in [4.69, 9.17) is 0 Å². The maximum absolute atomic E-state index is 12.3. The molecule has 0 saturated heterocycles. The van der Waals surface area contributed by atoms with Crippen molar-refractivity contribution >= 4 is 28.2 Å². The number of nitrogens with zero attached hydrogens (tertiary/aromatic N) is 4. The summed E-state index contributed by atoms with van der Waals surface area (Å²) in [5, 5.41) is 18.2. The van der Waals surface area contributed by atoms with E-state index >= 15 is 0 Å². The van der Waals surface area contributed by atoms with Gasteiger partial charge < -0.3 is 5.32 Å². The minimum Gasteiger partial charge on any atom is -0.320 e. The van der Waals surface area contributed by atoms with Gasteiger partial charge in [0.2, 0.25) is 0 Å². The van der Waals surface area contributed by atoms with E-state index in [1.807, 2.05) is 0 Å². The number of aryl methyl sites for hydroxylation is 2. The molecule has 0 radical (unpaired) electrons. The molecule has 2 heterocycles. The van der Waals surface area contributed by atoms with Crippen LogP contribution in [0.25, 0.3) is 10.9 Å². The molecule has 0 aliphatic rings. The number of non-ortho nitro benzene ring substituents is 1. The van der Waals surface area contributed by atoms with Gasteiger partial charge in [0, 0.05) is 36.5 Å². The number of fused-ring (bicyclic) bond motifs is 1. The second-order valence-electron chi connectivity index (χ2n) is 5.06. The normalized spacial score (nSPS) is 10.7. The van der Waals surface area contributed by atoms with Gasteiger partial charge in [0.1, 0.15) is 5.69 Å². The first-order valence-electron chi connectivity index (χ1n) is 6.81. The van der Waals surface area contributed by atoms with Crippen molar-refractivity contribution in [3.8, 4) is 0 Å². The van der Waals surface area contributed by atoms with Gasteiger partial charge in [-0.15, -0.1) is 0 Å². The quantitative estimate of drug-likeness (QED) is 0.591. The molecule has 1 N–H and O–H groups in total. The van der Waals surface area contributed by atoms with Crippen LogP contribution in [0, 0.1) is 17.0 Å². The van der Waals surface area contributed by atoms with Crippen molar-refractivity contribution in [3.05, 3.63) is 58.0 Å². The fourth-order valence-corrected chi connectivity index (χ4v) is 2.35. The second-order valence-corrected chi connectivity index (χ2v) is 5.06. The summed E-state index contributed by atoms with van der Waals surface area (Å²) in [4.78, 5) is 27.2. The molecule has 0 spiro atoms. The first kappa shape index (κ1) is 14.6. The number of carbonyl (C=O) groups excluding carboxylic acids is 1. The zero-order valence-electron chi connectivity index (χ0n) is 12.5. The van der Waals surface area contributed by atoms with Crippen LogP contribution in [0.15, 0.2) is 36.5 Å². The van der Waals surface area contributed by atoms with Gasteiger partial charge in [-0.05, 0) is 25.1 Å². The lowest BCUT2D eigenvalue weighted by atomic mass is 10.1. The van der Waals surface area contributed by atoms with E-state index in [1.165, 1.54) is 23.0 Å². The summed E-state index contributed by atoms with van der Waals surface area (Å²) in [6, 6.07) is 7.64. The number of pyridine rings is 1. The Morgan fingerprint density at radius 3 is 2.74 bits per heavy atom. The second kappa shape index (κ2) is 5.48. The summed E-state index contributed by atoms with van der Waals surface area (Å²) < 4.78 is 1.45. The Balaban J connectivity index is 2.08. The Hall–Kier alpha value is -3.29. The number of benzene rings is 1. The molecule has 0 aliphatic heterocycles. The van der Waals surface area contributed by atoms with Crippen molar-refractivity contribution in [2.24, 2.45) is 7.05 Å². The summed E-state index contributed by atoms with van der Waals surface area (Å²) >= 11 is 0. The number of nitro benzene ring substituents is 1. The summed E-state index contributed by atoms with van der Waals surface area (Å²) in [5.41, 5.74) is 2.09. The molecule has 0 unspecified atom stereocenters. The van der Waals surface area contributed by atoms with E-state index in [2.05, 4.69) is 15.4 Å². The molecule has 8 heteroatoms. The van der Waals surface area contributed by atoms with E-state index < -0.39 is 4.92 Å². The molecular formula is C15H13N5O3. The molecule has 116 valence electrons. The van der Waals surface area contributed by atoms with Gasteiger partial charge in [-0.2, -0.15) is 5.10 Å². The molecule has 1 amide bonds. The third-order valence-corrected chi connectivity index (χ3v) is 3.43. The number of nitrogens with one attached hydrogen (secondary N) is 1. The van der Waals surface area contributed by atoms with Crippen LogP contribution in [0.2, 0.25) is 0 Å². The van der Waals surface area contributed by atoms with Crippen LogP contribution in [-0.2, 0) is 7.05 Å². The fraction of sp³-hybridized carbons (Fsp3) is 0.133. The van der Waals surface area contributed by atoms with E-state index in [-0.39, 0.29) is 11.6 Å². The van der Waals surface area contributed by atoms with Crippen LogP contribution >= 0.6 is 0 Å². The van der Waals surface area contributed by atoms with E-state index in [9.17, 15) is 14.9 Å². The molecule has 0 aliphatic carbocycles. The number of hydrogen-bond donors (Lipinski definition) is 1. The van der Waals surface area contributed by atoms with E-state index in [1.54, 1.807) is 32.2 Å². The number of aromatic nitrogens is 3. The Morgan fingerprint density at radius 2 is 2.09 bits per heavy atom. The van der Waals surface area contributed by atoms with Crippen molar-refractivity contribution in [3.63, 3.8) is 0 Å². The predicted octanol–water partition coefficient (Wildman–Crippen LogP) is 2.44. The average molecular weight is 311 g/mol. The summed E-state index contributed by atoms with van der Waals surface area (Å²) in [6.07, 6.45) is 1.52. The van der Waals surface area contributed by atoms with E-state index in [0.717, 1.165) is 0 Å². The van der Waals surface area contributed by atoms with E-state index in [0.29, 0.717) is 28.0 Å². The van der Waals surface area contributed by atoms with Crippen LogP contribution in [0.5, 0.6) is 0 Å². The molecule has 0 fully saturated rings. The van der Waals surface area contributed by atoms with Crippen LogP contribution in [-0.4, -0.2) is 25.6 Å². The lowest BCUT2D eigenvalue weighted by Crippen LogP contribution is -2.16. The lowest BCUT2D eigenvalue weighted by molar-refractivity contribution is -0.384. The number of hydrogen-bond acceptors (Lipinski definition) is 5. The van der Waals surface area contributed by atoms with Crippen molar-refractivity contribution < 1.29 is 9.72 Å². The molecule has 1 aromatic carbocycles. The van der Waals surface area contributed by atoms with Gasteiger partial charge in [-0.3, -0.25) is 24.6 Å². The van der Waals surface area contributed by atoms with Crippen LogP contribution < -0.4 is 5.32 Å². The van der Waals surface area contributed by atoms with Gasteiger partial charge in [0.15, 0.2) is 0 Å². The Morgan fingerprint density at radius 1 is 1.30 bits per heavy atom. The first-order chi connectivity index (χ1) is 11.0.